The van der Waals surface area contributed by atoms with E-state index in [4.69, 9.17) is 14.7 Å². The Morgan fingerprint density at radius 3 is 2.19 bits per heavy atom. The van der Waals surface area contributed by atoms with Gasteiger partial charge in [-0.25, -0.2) is 4.79 Å². The maximum Gasteiger partial charge on any atom is 0.347 e. The van der Waals surface area contributed by atoms with Crippen molar-refractivity contribution < 1.29 is 19.1 Å². The van der Waals surface area contributed by atoms with Gasteiger partial charge >= 0.3 is 5.97 Å². The number of benzene rings is 2. The predicted molar refractivity (Wildman–Crippen MR) is 97.0 cm³/mol. The van der Waals surface area contributed by atoms with Crippen LogP contribution in [0.15, 0.2) is 42.5 Å². The predicted octanol–water partition coefficient (Wildman–Crippen LogP) is 3.76. The van der Waals surface area contributed by atoms with Gasteiger partial charge in [-0.3, -0.25) is 4.79 Å². The van der Waals surface area contributed by atoms with Gasteiger partial charge in [0.15, 0.2) is 12.2 Å². The van der Waals surface area contributed by atoms with Gasteiger partial charge in [-0.05, 0) is 69.2 Å². The minimum atomic E-state index is -0.906. The molecule has 26 heavy (non-hydrogen) atoms. The van der Waals surface area contributed by atoms with Gasteiger partial charge in [0.25, 0.3) is 0 Å². The van der Waals surface area contributed by atoms with Crippen LogP contribution in [0.3, 0.4) is 0 Å². The second-order valence-corrected chi connectivity index (χ2v) is 6.14. The largest absolute Gasteiger partial charge is 0.479 e. The molecule has 5 nitrogen and oxygen atoms in total. The van der Waals surface area contributed by atoms with E-state index in [1.54, 1.807) is 50.2 Å². The number of carbonyl (C=O) groups excluding carboxylic acids is 2. The second-order valence-electron chi connectivity index (χ2n) is 6.14. The summed E-state index contributed by atoms with van der Waals surface area (Å²) >= 11 is 0. The molecule has 5 heteroatoms. The molecule has 0 radical (unpaired) electrons. The third-order valence-electron chi connectivity index (χ3n) is 4.08. The third-order valence-corrected chi connectivity index (χ3v) is 4.08. The van der Waals surface area contributed by atoms with Gasteiger partial charge in [0, 0.05) is 5.56 Å². The lowest BCUT2D eigenvalue weighted by Gasteiger charge is -2.17. The molecule has 0 unspecified atom stereocenters. The van der Waals surface area contributed by atoms with Crippen LogP contribution in [0.2, 0.25) is 0 Å². The Balaban J connectivity index is 1.97. The Morgan fingerprint density at radius 2 is 1.62 bits per heavy atom. The van der Waals surface area contributed by atoms with Crippen molar-refractivity contribution in [1.82, 2.24) is 0 Å². The van der Waals surface area contributed by atoms with Crippen molar-refractivity contribution in [1.29, 1.82) is 5.26 Å². The summed E-state index contributed by atoms with van der Waals surface area (Å²) in [6.45, 7) is 6.99. The zero-order valence-corrected chi connectivity index (χ0v) is 15.3. The van der Waals surface area contributed by atoms with E-state index >= 15 is 0 Å². The maximum absolute atomic E-state index is 12.4. The van der Waals surface area contributed by atoms with Crippen molar-refractivity contribution in [3.8, 4) is 11.8 Å². The zero-order chi connectivity index (χ0) is 19.3. The lowest BCUT2D eigenvalue weighted by Crippen LogP contribution is -2.32. The van der Waals surface area contributed by atoms with Crippen molar-refractivity contribution in [3.63, 3.8) is 0 Å². The van der Waals surface area contributed by atoms with E-state index in [1.165, 1.54) is 0 Å². The van der Waals surface area contributed by atoms with Gasteiger partial charge < -0.3 is 9.47 Å². The summed E-state index contributed by atoms with van der Waals surface area (Å²) in [5, 5.41) is 8.78. The minimum Gasteiger partial charge on any atom is -0.479 e. The molecule has 0 aliphatic heterocycles. The maximum atomic E-state index is 12.4. The van der Waals surface area contributed by atoms with E-state index in [0.717, 1.165) is 11.1 Å². The van der Waals surface area contributed by atoms with Crippen molar-refractivity contribution in [3.05, 3.63) is 64.7 Å². The van der Waals surface area contributed by atoms with E-state index in [9.17, 15) is 9.59 Å². The van der Waals surface area contributed by atoms with E-state index < -0.39 is 18.2 Å². The first-order valence-corrected chi connectivity index (χ1v) is 8.30. The second kappa shape index (κ2) is 8.30. The molecule has 0 saturated heterocycles. The molecule has 2 atom stereocenters. The first-order valence-electron chi connectivity index (χ1n) is 8.30. The van der Waals surface area contributed by atoms with Gasteiger partial charge in [0.2, 0.25) is 5.78 Å². The molecule has 2 aromatic carbocycles. The fourth-order valence-corrected chi connectivity index (χ4v) is 2.31. The molecule has 134 valence electrons. The van der Waals surface area contributed by atoms with Gasteiger partial charge in [-0.2, -0.15) is 5.26 Å². The zero-order valence-electron chi connectivity index (χ0n) is 15.3. The summed E-state index contributed by atoms with van der Waals surface area (Å²) in [7, 11) is 0. The van der Waals surface area contributed by atoms with Crippen molar-refractivity contribution >= 4 is 11.8 Å². The normalized spacial score (nSPS) is 12.6. The minimum absolute atomic E-state index is 0.257. The molecule has 0 aliphatic rings. The summed E-state index contributed by atoms with van der Waals surface area (Å²) in [6.07, 6.45) is -1.78. The first kappa shape index (κ1) is 19.2. The molecule has 0 N–H and O–H groups in total. The van der Waals surface area contributed by atoms with Crippen molar-refractivity contribution in [2.75, 3.05) is 0 Å². The number of rotatable bonds is 6. The number of Topliss-reactive ketones (excluding diaryl/α,β-unsaturated/α-hetero) is 1. The van der Waals surface area contributed by atoms with Crippen LogP contribution in [0.25, 0.3) is 0 Å². The summed E-state index contributed by atoms with van der Waals surface area (Å²) in [4.78, 5) is 24.6. The van der Waals surface area contributed by atoms with Crippen molar-refractivity contribution in [2.24, 2.45) is 0 Å². The molecule has 0 saturated carbocycles. The highest BCUT2D eigenvalue weighted by Crippen LogP contribution is 2.16. The first-order chi connectivity index (χ1) is 12.3. The average Bonchev–Trinajstić information content (AvgIpc) is 2.63. The van der Waals surface area contributed by atoms with Crippen LogP contribution in [-0.4, -0.2) is 24.0 Å². The average molecular weight is 351 g/mol. The van der Waals surface area contributed by atoms with Gasteiger partial charge in [0.1, 0.15) is 5.75 Å². The van der Waals surface area contributed by atoms with Crippen LogP contribution in [0.4, 0.5) is 0 Å². The van der Waals surface area contributed by atoms with Crippen molar-refractivity contribution in [2.45, 2.75) is 39.9 Å². The number of esters is 1. The molecular formula is C21H21NO4. The fraction of sp³-hybridized carbons (Fsp3) is 0.286. The standard InChI is InChI=1S/C21H21NO4/c1-13-5-8-18(11-14(13)2)20(23)15(3)26-21(24)16(4)25-19-9-6-17(12-22)7-10-19/h5-11,15-16H,1-4H3/t15-,16+/m1/s1. The number of hydrogen-bond acceptors (Lipinski definition) is 5. The Morgan fingerprint density at radius 1 is 0.962 bits per heavy atom. The Hall–Kier alpha value is -3.13. The SMILES string of the molecule is Cc1ccc(C(=O)[C@@H](C)OC(=O)[C@H](C)Oc2ccc(C#N)cc2)cc1C. The third kappa shape index (κ3) is 4.70. The molecule has 0 bridgehead atoms. The Bertz CT molecular complexity index is 849. The van der Waals surface area contributed by atoms with Crippen LogP contribution in [0.1, 0.15) is 40.9 Å². The van der Waals surface area contributed by atoms with Crippen LogP contribution in [0, 0.1) is 25.2 Å². The summed E-state index contributed by atoms with van der Waals surface area (Å²) in [5.74, 6) is -0.437. The Labute approximate surface area is 153 Å². The number of nitriles is 1. The van der Waals surface area contributed by atoms with Crippen LogP contribution >= 0.6 is 0 Å². The van der Waals surface area contributed by atoms with Crippen LogP contribution in [0.5, 0.6) is 5.75 Å². The Kier molecular flexibility index (Phi) is 6.13. The summed E-state index contributed by atoms with van der Waals surface area (Å²) < 4.78 is 10.8. The highest BCUT2D eigenvalue weighted by atomic mass is 16.6. The van der Waals surface area contributed by atoms with Gasteiger partial charge in [-0.1, -0.05) is 12.1 Å². The molecule has 0 aromatic heterocycles. The summed E-state index contributed by atoms with van der Waals surface area (Å²) in [6, 6.07) is 13.8. The molecular weight excluding hydrogens is 330 g/mol. The molecule has 0 amide bonds. The van der Waals surface area contributed by atoms with E-state index in [1.807, 2.05) is 26.0 Å². The number of nitrogens with zero attached hydrogens (tertiary/aromatic N) is 1. The highest BCUT2D eigenvalue weighted by Gasteiger charge is 2.24. The molecule has 0 fully saturated rings. The quantitative estimate of drug-likeness (QED) is 0.585. The number of ether oxygens (including phenoxy) is 2. The van der Waals surface area contributed by atoms with E-state index in [0.29, 0.717) is 16.9 Å². The van der Waals surface area contributed by atoms with E-state index in [-0.39, 0.29) is 5.78 Å². The number of ketones is 1. The van der Waals surface area contributed by atoms with Gasteiger partial charge in [-0.15, -0.1) is 0 Å². The topological polar surface area (TPSA) is 76.4 Å². The smallest absolute Gasteiger partial charge is 0.347 e. The molecule has 2 aromatic rings. The summed E-state index contributed by atoms with van der Waals surface area (Å²) in [5.41, 5.74) is 3.11. The van der Waals surface area contributed by atoms with Crippen LogP contribution < -0.4 is 4.74 Å². The fourth-order valence-electron chi connectivity index (χ4n) is 2.31. The van der Waals surface area contributed by atoms with Gasteiger partial charge in [0.05, 0.1) is 11.6 Å². The lowest BCUT2D eigenvalue weighted by molar-refractivity contribution is -0.153. The number of hydrogen-bond donors (Lipinski definition) is 0. The van der Waals surface area contributed by atoms with Crippen LogP contribution in [-0.2, 0) is 9.53 Å². The molecule has 0 spiro atoms. The number of aryl methyl sites for hydroxylation is 2. The molecule has 2 rings (SSSR count). The molecule has 0 heterocycles. The molecule has 0 aliphatic carbocycles. The monoisotopic (exact) mass is 351 g/mol. The highest BCUT2D eigenvalue weighted by molar-refractivity contribution is 6.00. The number of carbonyl (C=O) groups is 2. The van der Waals surface area contributed by atoms with E-state index in [2.05, 4.69) is 0 Å². The lowest BCUT2D eigenvalue weighted by atomic mass is 10.0.